The Kier molecular flexibility index (Phi) is 3.55. The molecule has 0 saturated carbocycles. The maximum absolute atomic E-state index is 10.1. The molecule has 0 saturated heterocycles. The second-order valence-electron chi connectivity index (χ2n) is 3.22. The van der Waals surface area contributed by atoms with Gasteiger partial charge in [0, 0.05) is 0 Å². The molecule has 0 heterocycles. The molecule has 0 radical (unpaired) electrons. The van der Waals surface area contributed by atoms with Crippen LogP contribution in [0.25, 0.3) is 0 Å². The van der Waals surface area contributed by atoms with Gasteiger partial charge < -0.3 is 9.84 Å². The van der Waals surface area contributed by atoms with Crippen LogP contribution in [0.15, 0.2) is 24.0 Å². The molecule has 0 aromatic rings. The van der Waals surface area contributed by atoms with Crippen molar-refractivity contribution in [1.29, 1.82) is 0 Å². The normalized spacial score (nSPS) is 22.8. The summed E-state index contributed by atoms with van der Waals surface area (Å²) in [6.07, 6.45) is 7.59. The first-order valence-corrected chi connectivity index (χ1v) is 4.40. The van der Waals surface area contributed by atoms with Gasteiger partial charge in [-0.05, 0) is 32.3 Å². The molecular weight excluding hydrogens is 168 g/mol. The summed E-state index contributed by atoms with van der Waals surface area (Å²) in [4.78, 5) is 10.1. The summed E-state index contributed by atoms with van der Waals surface area (Å²) in [5, 5.41) is 8.31. The van der Waals surface area contributed by atoms with Crippen LogP contribution in [0.5, 0.6) is 0 Å². The second-order valence-corrected chi connectivity index (χ2v) is 3.22. The van der Waals surface area contributed by atoms with Crippen molar-refractivity contribution in [3.8, 4) is 0 Å². The van der Waals surface area contributed by atoms with E-state index in [1.54, 1.807) is 0 Å². The van der Waals surface area contributed by atoms with Crippen molar-refractivity contribution < 1.29 is 14.6 Å². The largest absolute Gasteiger partial charge is 0.494 e. The minimum atomic E-state index is -0.975. The molecule has 0 aromatic heterocycles. The van der Waals surface area contributed by atoms with Crippen molar-refractivity contribution in [1.82, 2.24) is 0 Å². The molecule has 1 rings (SSSR count). The Morgan fingerprint density at radius 3 is 3.15 bits per heavy atom. The predicted octanol–water partition coefficient (Wildman–Crippen LogP) is 2.10. The van der Waals surface area contributed by atoms with E-state index in [0.29, 0.717) is 0 Å². The molecular formula is C10H14O3. The van der Waals surface area contributed by atoms with Crippen LogP contribution in [0.2, 0.25) is 0 Å². The quantitative estimate of drug-likeness (QED) is 0.413. The smallest absolute Gasteiger partial charge is 0.331 e. The minimum Gasteiger partial charge on any atom is -0.494 e. The van der Waals surface area contributed by atoms with Crippen LogP contribution in [-0.4, -0.2) is 17.2 Å². The highest BCUT2D eigenvalue weighted by molar-refractivity contribution is 5.79. The summed E-state index contributed by atoms with van der Waals surface area (Å²) < 4.78 is 5.23. The lowest BCUT2D eigenvalue weighted by atomic mass is 9.99. The maximum atomic E-state index is 10.1. The minimum absolute atomic E-state index is 0.0596. The number of hydrogen-bond acceptors (Lipinski definition) is 2. The van der Waals surface area contributed by atoms with Crippen molar-refractivity contribution in [2.24, 2.45) is 0 Å². The fourth-order valence-corrected chi connectivity index (χ4v) is 1.37. The first-order valence-electron chi connectivity index (χ1n) is 4.40. The number of hydrogen-bond donors (Lipinski definition) is 1. The fourth-order valence-electron chi connectivity index (χ4n) is 1.37. The topological polar surface area (TPSA) is 46.5 Å². The van der Waals surface area contributed by atoms with Gasteiger partial charge in [-0.25, -0.2) is 4.79 Å². The molecule has 3 nitrogen and oxygen atoms in total. The zero-order chi connectivity index (χ0) is 9.68. The Morgan fingerprint density at radius 1 is 1.77 bits per heavy atom. The zero-order valence-electron chi connectivity index (χ0n) is 7.69. The van der Waals surface area contributed by atoms with E-state index >= 15 is 0 Å². The van der Waals surface area contributed by atoms with Gasteiger partial charge >= 0.3 is 5.97 Å². The third kappa shape index (κ3) is 3.78. The summed E-state index contributed by atoms with van der Waals surface area (Å²) in [5.74, 6) is -0.975. The number of carbonyl (C=O) groups is 1. The number of rotatable bonds is 3. The van der Waals surface area contributed by atoms with Crippen molar-refractivity contribution in [3.05, 3.63) is 24.0 Å². The average molecular weight is 182 g/mol. The number of carboxylic acid groups (broad SMARTS) is 1. The van der Waals surface area contributed by atoms with E-state index in [0.717, 1.165) is 25.3 Å². The number of carboxylic acids is 1. The van der Waals surface area contributed by atoms with E-state index in [2.05, 4.69) is 13.0 Å². The second kappa shape index (κ2) is 4.70. The summed E-state index contributed by atoms with van der Waals surface area (Å²) in [6, 6.07) is 0. The zero-order valence-corrected chi connectivity index (χ0v) is 7.69. The molecule has 0 aromatic carbocycles. The van der Waals surface area contributed by atoms with Crippen LogP contribution in [-0.2, 0) is 9.53 Å². The van der Waals surface area contributed by atoms with Crippen LogP contribution < -0.4 is 0 Å². The summed E-state index contributed by atoms with van der Waals surface area (Å²) in [6.45, 7) is 2.07. The van der Waals surface area contributed by atoms with Crippen molar-refractivity contribution in [2.45, 2.75) is 32.3 Å². The molecule has 0 fully saturated rings. The number of ether oxygens (including phenoxy) is 1. The van der Waals surface area contributed by atoms with Gasteiger partial charge in [-0.2, -0.15) is 0 Å². The van der Waals surface area contributed by atoms with E-state index in [-0.39, 0.29) is 6.10 Å². The molecule has 1 aliphatic carbocycles. The highest BCUT2D eigenvalue weighted by atomic mass is 16.5. The van der Waals surface area contributed by atoms with Gasteiger partial charge in [0.05, 0.1) is 12.3 Å². The fraction of sp³-hybridized carbons (Fsp3) is 0.500. The van der Waals surface area contributed by atoms with Crippen LogP contribution in [0.4, 0.5) is 0 Å². The lowest BCUT2D eigenvalue weighted by Gasteiger charge is -2.18. The third-order valence-corrected chi connectivity index (χ3v) is 1.99. The van der Waals surface area contributed by atoms with Crippen molar-refractivity contribution in [2.75, 3.05) is 0 Å². The monoisotopic (exact) mass is 182 g/mol. The van der Waals surface area contributed by atoms with E-state index in [1.165, 1.54) is 11.8 Å². The Bertz CT molecular complexity index is 241. The average Bonchev–Trinajstić information content (AvgIpc) is 2.03. The van der Waals surface area contributed by atoms with Crippen LogP contribution in [0.1, 0.15) is 26.2 Å². The third-order valence-electron chi connectivity index (χ3n) is 1.99. The molecule has 0 amide bonds. The van der Waals surface area contributed by atoms with Crippen LogP contribution in [0.3, 0.4) is 0 Å². The molecule has 0 spiro atoms. The van der Waals surface area contributed by atoms with Crippen molar-refractivity contribution in [3.63, 3.8) is 0 Å². The van der Waals surface area contributed by atoms with Crippen molar-refractivity contribution >= 4 is 5.97 Å². The highest BCUT2D eigenvalue weighted by Crippen LogP contribution is 2.19. The van der Waals surface area contributed by atoms with Gasteiger partial charge in [-0.15, -0.1) is 0 Å². The van der Waals surface area contributed by atoms with Crippen LogP contribution >= 0.6 is 0 Å². The van der Waals surface area contributed by atoms with Crippen LogP contribution in [0, 0.1) is 0 Å². The SMILES string of the molecule is CC1=CC(O/C=C/C(=O)O)CCC1. The first kappa shape index (κ1) is 9.84. The maximum Gasteiger partial charge on any atom is 0.331 e. The standard InChI is InChI=1S/C10H14O3/c1-8-3-2-4-9(7-8)13-6-5-10(11)12/h5-7,9H,2-4H2,1H3,(H,11,12)/b6-5+. The molecule has 1 aliphatic rings. The Hall–Kier alpha value is -1.25. The molecule has 0 aliphatic heterocycles. The summed E-state index contributed by atoms with van der Waals surface area (Å²) in [7, 11) is 0. The van der Waals surface area contributed by atoms with Gasteiger partial charge in [0.1, 0.15) is 6.10 Å². The lowest BCUT2D eigenvalue weighted by molar-refractivity contribution is -0.131. The Morgan fingerprint density at radius 2 is 2.54 bits per heavy atom. The summed E-state index contributed by atoms with van der Waals surface area (Å²) in [5.41, 5.74) is 1.32. The molecule has 3 heteroatoms. The molecule has 1 N–H and O–H groups in total. The molecule has 0 bridgehead atoms. The number of aliphatic carboxylic acids is 1. The summed E-state index contributed by atoms with van der Waals surface area (Å²) >= 11 is 0. The predicted molar refractivity (Wildman–Crippen MR) is 49.3 cm³/mol. The van der Waals surface area contributed by atoms with Gasteiger partial charge in [-0.1, -0.05) is 5.57 Å². The molecule has 72 valence electrons. The van der Waals surface area contributed by atoms with E-state index in [1.807, 2.05) is 0 Å². The van der Waals surface area contributed by atoms with E-state index in [4.69, 9.17) is 9.84 Å². The number of allylic oxidation sites excluding steroid dienone is 1. The van der Waals surface area contributed by atoms with Gasteiger partial charge in [0.2, 0.25) is 0 Å². The first-order chi connectivity index (χ1) is 6.18. The van der Waals surface area contributed by atoms with Gasteiger partial charge in [0.15, 0.2) is 0 Å². The molecule has 1 atom stereocenters. The van der Waals surface area contributed by atoms with Gasteiger partial charge in [0.25, 0.3) is 0 Å². The van der Waals surface area contributed by atoms with Gasteiger partial charge in [-0.3, -0.25) is 0 Å². The Labute approximate surface area is 77.7 Å². The Balaban J connectivity index is 2.37. The van der Waals surface area contributed by atoms with E-state index < -0.39 is 5.97 Å². The lowest BCUT2D eigenvalue weighted by Crippen LogP contribution is -2.11. The van der Waals surface area contributed by atoms with E-state index in [9.17, 15) is 4.79 Å². The molecule has 1 unspecified atom stereocenters. The molecule has 13 heavy (non-hydrogen) atoms. The highest BCUT2D eigenvalue weighted by Gasteiger charge is 2.10.